The zero-order chi connectivity index (χ0) is 17.9. The molecule has 1 aromatic carbocycles. The molecule has 0 bridgehead atoms. The van der Waals surface area contributed by atoms with Crippen LogP contribution >= 0.6 is 0 Å². The van der Waals surface area contributed by atoms with Gasteiger partial charge in [0.1, 0.15) is 17.3 Å². The first-order chi connectivity index (χ1) is 12.6. The zero-order valence-electron chi connectivity index (χ0n) is 14.6. The lowest BCUT2D eigenvalue weighted by Crippen LogP contribution is -2.16. The Kier molecular flexibility index (Phi) is 3.04. The number of pyridine rings is 1. The van der Waals surface area contributed by atoms with Crippen molar-refractivity contribution in [1.29, 1.82) is 0 Å². The maximum absolute atomic E-state index is 11.9. The van der Waals surface area contributed by atoms with Crippen LogP contribution < -0.4 is 15.2 Å². The average Bonchev–Trinajstić information content (AvgIpc) is 3.20. The summed E-state index contributed by atoms with van der Waals surface area (Å²) in [6.45, 7) is 4.41. The molecule has 1 aliphatic carbocycles. The monoisotopic (exact) mass is 350 g/mol. The maximum atomic E-state index is 11.9. The standard InChI is InChI=1S/C19H18N4O3/c1-11-8-13(23-12(2)21-22-18(23)24)9-20-17(11)26-15-5-3-4-14-16(15)19(6-7-19)10-25-14/h3-5,8-9H,6-7,10H2,1-2H3,(H,22,24). The summed E-state index contributed by atoms with van der Waals surface area (Å²) in [5.41, 5.74) is 2.50. The number of rotatable bonds is 3. The van der Waals surface area contributed by atoms with Crippen LogP contribution in [0.15, 0.2) is 35.3 Å². The normalized spacial score (nSPS) is 16.4. The molecule has 0 unspecified atom stereocenters. The Bertz CT molecular complexity index is 1080. The SMILES string of the molecule is Cc1cc(-n2c(C)n[nH]c2=O)cnc1Oc1cccc2c1C1(CC1)CO2. The average molecular weight is 350 g/mol. The largest absolute Gasteiger partial charge is 0.492 e. The van der Waals surface area contributed by atoms with E-state index in [9.17, 15) is 4.79 Å². The Morgan fingerprint density at radius 2 is 2.15 bits per heavy atom. The summed E-state index contributed by atoms with van der Waals surface area (Å²) >= 11 is 0. The molecule has 5 rings (SSSR count). The summed E-state index contributed by atoms with van der Waals surface area (Å²) in [6.07, 6.45) is 3.89. The highest BCUT2D eigenvalue weighted by atomic mass is 16.5. The number of hydrogen-bond acceptors (Lipinski definition) is 5. The molecule has 0 saturated heterocycles. The minimum absolute atomic E-state index is 0.126. The fraction of sp³-hybridized carbons (Fsp3) is 0.316. The van der Waals surface area contributed by atoms with Gasteiger partial charge in [-0.25, -0.2) is 19.4 Å². The van der Waals surface area contributed by atoms with Gasteiger partial charge in [-0.2, -0.15) is 5.10 Å². The minimum atomic E-state index is -0.286. The van der Waals surface area contributed by atoms with E-state index in [4.69, 9.17) is 9.47 Å². The molecule has 3 heterocycles. The second-order valence-corrected chi connectivity index (χ2v) is 7.03. The van der Waals surface area contributed by atoms with Crippen LogP contribution in [0.5, 0.6) is 17.4 Å². The number of ether oxygens (including phenoxy) is 2. The first kappa shape index (κ1) is 15.2. The number of aryl methyl sites for hydroxylation is 2. The van der Waals surface area contributed by atoms with E-state index in [2.05, 4.69) is 15.2 Å². The highest BCUT2D eigenvalue weighted by molar-refractivity contribution is 5.56. The van der Waals surface area contributed by atoms with Crippen molar-refractivity contribution in [2.24, 2.45) is 0 Å². The van der Waals surface area contributed by atoms with Gasteiger partial charge in [-0.15, -0.1) is 0 Å². The number of nitrogens with one attached hydrogen (secondary N) is 1. The predicted octanol–water partition coefficient (Wildman–Crippen LogP) is 2.79. The van der Waals surface area contributed by atoms with Gasteiger partial charge in [-0.05, 0) is 44.9 Å². The Morgan fingerprint density at radius 1 is 1.31 bits per heavy atom. The first-order valence-electron chi connectivity index (χ1n) is 8.63. The molecule has 1 spiro atoms. The number of hydrogen-bond donors (Lipinski definition) is 1. The van der Waals surface area contributed by atoms with E-state index in [0.29, 0.717) is 17.4 Å². The van der Waals surface area contributed by atoms with Crippen LogP contribution in [0.1, 0.15) is 29.8 Å². The van der Waals surface area contributed by atoms with Crippen LogP contribution in [-0.2, 0) is 5.41 Å². The summed E-state index contributed by atoms with van der Waals surface area (Å²) in [7, 11) is 0. The van der Waals surface area contributed by atoms with Crippen LogP contribution in [0, 0.1) is 13.8 Å². The number of benzene rings is 1. The van der Waals surface area contributed by atoms with Crippen molar-refractivity contribution < 1.29 is 9.47 Å². The molecule has 0 amide bonds. The van der Waals surface area contributed by atoms with Gasteiger partial charge in [0.05, 0.1) is 18.5 Å². The Labute approximate surface area is 149 Å². The Morgan fingerprint density at radius 3 is 2.85 bits per heavy atom. The van der Waals surface area contributed by atoms with Gasteiger partial charge in [0, 0.05) is 16.5 Å². The van der Waals surface area contributed by atoms with E-state index in [0.717, 1.165) is 42.1 Å². The van der Waals surface area contributed by atoms with Crippen molar-refractivity contribution in [2.75, 3.05) is 6.61 Å². The summed E-state index contributed by atoms with van der Waals surface area (Å²) in [6, 6.07) is 7.77. The van der Waals surface area contributed by atoms with Gasteiger partial charge < -0.3 is 9.47 Å². The molecule has 7 heteroatoms. The molecule has 1 aliphatic heterocycles. The van der Waals surface area contributed by atoms with Crippen molar-refractivity contribution in [3.8, 4) is 23.1 Å². The second-order valence-electron chi connectivity index (χ2n) is 7.03. The molecular formula is C19H18N4O3. The Hall–Kier alpha value is -3.09. The number of aromatic nitrogens is 4. The number of fused-ring (bicyclic) bond motifs is 2. The van der Waals surface area contributed by atoms with E-state index in [-0.39, 0.29) is 11.1 Å². The van der Waals surface area contributed by atoms with E-state index in [1.165, 1.54) is 4.57 Å². The molecular weight excluding hydrogens is 332 g/mol. The van der Waals surface area contributed by atoms with Crippen LogP contribution in [0.2, 0.25) is 0 Å². The lowest BCUT2D eigenvalue weighted by atomic mass is 9.97. The number of nitrogens with zero attached hydrogens (tertiary/aromatic N) is 3. The molecule has 1 saturated carbocycles. The Balaban J connectivity index is 1.52. The predicted molar refractivity (Wildman–Crippen MR) is 94.4 cm³/mol. The summed E-state index contributed by atoms with van der Waals surface area (Å²) in [5, 5.41) is 6.37. The molecule has 2 aromatic heterocycles. The third-order valence-electron chi connectivity index (χ3n) is 5.20. The van der Waals surface area contributed by atoms with Crippen molar-refractivity contribution in [2.45, 2.75) is 32.1 Å². The van der Waals surface area contributed by atoms with Crippen LogP contribution in [-0.4, -0.2) is 26.4 Å². The van der Waals surface area contributed by atoms with Crippen molar-refractivity contribution in [1.82, 2.24) is 19.7 Å². The van der Waals surface area contributed by atoms with Crippen molar-refractivity contribution in [3.63, 3.8) is 0 Å². The third-order valence-corrected chi connectivity index (χ3v) is 5.20. The molecule has 0 atom stereocenters. The molecule has 1 fully saturated rings. The topological polar surface area (TPSA) is 82.0 Å². The quantitative estimate of drug-likeness (QED) is 0.785. The molecule has 0 radical (unpaired) electrons. The second kappa shape index (κ2) is 5.20. The van der Waals surface area contributed by atoms with Crippen LogP contribution in [0.4, 0.5) is 0 Å². The molecule has 3 aromatic rings. The zero-order valence-corrected chi connectivity index (χ0v) is 14.6. The van der Waals surface area contributed by atoms with E-state index in [1.807, 2.05) is 31.2 Å². The number of aromatic amines is 1. The van der Waals surface area contributed by atoms with Crippen LogP contribution in [0.25, 0.3) is 5.69 Å². The van der Waals surface area contributed by atoms with Gasteiger partial charge in [0.15, 0.2) is 0 Å². The fourth-order valence-electron chi connectivity index (χ4n) is 3.63. The fourth-order valence-corrected chi connectivity index (χ4v) is 3.63. The van der Waals surface area contributed by atoms with Gasteiger partial charge in [-0.3, -0.25) is 0 Å². The van der Waals surface area contributed by atoms with Gasteiger partial charge in [0.25, 0.3) is 0 Å². The highest BCUT2D eigenvalue weighted by Crippen LogP contribution is 2.58. The smallest absolute Gasteiger partial charge is 0.347 e. The molecule has 132 valence electrons. The first-order valence-corrected chi connectivity index (χ1v) is 8.63. The molecule has 26 heavy (non-hydrogen) atoms. The van der Waals surface area contributed by atoms with Crippen molar-refractivity contribution in [3.05, 3.63) is 57.9 Å². The lowest BCUT2D eigenvalue weighted by Gasteiger charge is -2.14. The summed E-state index contributed by atoms with van der Waals surface area (Å²) < 4.78 is 13.5. The third kappa shape index (κ3) is 2.16. The molecule has 1 N–H and O–H groups in total. The number of H-pyrrole nitrogens is 1. The van der Waals surface area contributed by atoms with E-state index >= 15 is 0 Å². The highest BCUT2D eigenvalue weighted by Gasteiger charge is 2.52. The molecule has 2 aliphatic rings. The van der Waals surface area contributed by atoms with Crippen molar-refractivity contribution >= 4 is 0 Å². The van der Waals surface area contributed by atoms with E-state index < -0.39 is 0 Å². The van der Waals surface area contributed by atoms with E-state index in [1.54, 1.807) is 13.1 Å². The maximum Gasteiger partial charge on any atom is 0.347 e. The lowest BCUT2D eigenvalue weighted by molar-refractivity contribution is 0.323. The van der Waals surface area contributed by atoms with Gasteiger partial charge in [-0.1, -0.05) is 6.07 Å². The molecule has 7 nitrogen and oxygen atoms in total. The van der Waals surface area contributed by atoms with Crippen LogP contribution in [0.3, 0.4) is 0 Å². The van der Waals surface area contributed by atoms with Gasteiger partial charge >= 0.3 is 5.69 Å². The summed E-state index contributed by atoms with van der Waals surface area (Å²) in [5.74, 6) is 2.82. The minimum Gasteiger partial charge on any atom is -0.492 e. The van der Waals surface area contributed by atoms with Gasteiger partial charge in [0.2, 0.25) is 5.88 Å². The summed E-state index contributed by atoms with van der Waals surface area (Å²) in [4.78, 5) is 16.3.